The van der Waals surface area contributed by atoms with Crippen molar-refractivity contribution in [2.24, 2.45) is 0 Å². The molecule has 114 valence electrons. The molecule has 0 radical (unpaired) electrons. The number of aryl methyl sites for hydroxylation is 2. The molecule has 0 spiro atoms. The number of nitrogens with one attached hydrogen (secondary N) is 1. The van der Waals surface area contributed by atoms with Gasteiger partial charge in [-0.1, -0.05) is 11.6 Å². The van der Waals surface area contributed by atoms with Crippen LogP contribution < -0.4 is 5.32 Å². The fraction of sp³-hybridized carbons (Fsp3) is 0.438. The van der Waals surface area contributed by atoms with Crippen LogP contribution in [0.3, 0.4) is 0 Å². The van der Waals surface area contributed by atoms with Gasteiger partial charge in [0.25, 0.3) is 0 Å². The second-order valence-corrected chi connectivity index (χ2v) is 5.75. The third kappa shape index (κ3) is 3.39. The van der Waals surface area contributed by atoms with Crippen LogP contribution in [0.4, 0.5) is 0 Å². The van der Waals surface area contributed by atoms with Gasteiger partial charge < -0.3 is 14.5 Å². The Morgan fingerprint density at radius 2 is 2.19 bits per heavy atom. The summed E-state index contributed by atoms with van der Waals surface area (Å²) in [5.41, 5.74) is 3.54. The number of hydrogen-bond donors (Lipinski definition) is 1. The molecule has 1 aromatic heterocycles. The molecule has 1 atom stereocenters. The molecule has 0 saturated carbocycles. The molecule has 1 N–H and O–H groups in total. The lowest BCUT2D eigenvalue weighted by molar-refractivity contribution is -0.121. The topological polar surface area (TPSA) is 51.5 Å². The molecule has 0 fully saturated rings. The maximum atomic E-state index is 12.1. The highest BCUT2D eigenvalue weighted by molar-refractivity contribution is 6.33. The summed E-state index contributed by atoms with van der Waals surface area (Å²) in [7, 11) is 1.61. The fourth-order valence-electron chi connectivity index (χ4n) is 2.53. The Kier molecular flexibility index (Phi) is 4.91. The van der Waals surface area contributed by atoms with Crippen LogP contribution >= 0.6 is 11.6 Å². The number of amides is 1. The van der Waals surface area contributed by atoms with Crippen LogP contribution in [0.5, 0.6) is 0 Å². The van der Waals surface area contributed by atoms with E-state index in [1.165, 1.54) is 0 Å². The molecule has 0 bridgehead atoms. The van der Waals surface area contributed by atoms with Gasteiger partial charge in [-0.15, -0.1) is 0 Å². The van der Waals surface area contributed by atoms with Crippen LogP contribution in [-0.4, -0.2) is 25.7 Å². The maximum Gasteiger partial charge on any atom is 0.224 e. The minimum absolute atomic E-state index is 0.0207. The van der Waals surface area contributed by atoms with Crippen LogP contribution in [0, 0.1) is 13.8 Å². The summed E-state index contributed by atoms with van der Waals surface area (Å²) >= 11 is 6.29. The monoisotopic (exact) mass is 309 g/mol. The smallest absolute Gasteiger partial charge is 0.224 e. The molecule has 1 unspecified atom stereocenters. The van der Waals surface area contributed by atoms with E-state index in [1.54, 1.807) is 13.4 Å². The first-order chi connectivity index (χ1) is 9.93. The van der Waals surface area contributed by atoms with Gasteiger partial charge in [-0.05, 0) is 38.0 Å². The molecule has 5 heteroatoms. The van der Waals surface area contributed by atoms with E-state index in [0.717, 1.165) is 32.7 Å². The van der Waals surface area contributed by atoms with Gasteiger partial charge in [0, 0.05) is 29.1 Å². The standard InChI is InChI=1S/C16H20ClNO3/c1-9-5-13-15(11(3)16(9)17)12(8-21-13)6-14(19)18-10(2)7-20-4/h5,8,10H,6-7H2,1-4H3,(H,18,19). The van der Waals surface area contributed by atoms with Gasteiger partial charge in [0.1, 0.15) is 5.58 Å². The first-order valence-electron chi connectivity index (χ1n) is 6.88. The summed E-state index contributed by atoms with van der Waals surface area (Å²) in [6.45, 7) is 6.28. The van der Waals surface area contributed by atoms with Gasteiger partial charge in [-0.25, -0.2) is 0 Å². The molecule has 0 aliphatic rings. The predicted octanol–water partition coefficient (Wildman–Crippen LogP) is 3.40. The van der Waals surface area contributed by atoms with Gasteiger partial charge >= 0.3 is 0 Å². The van der Waals surface area contributed by atoms with Crippen molar-refractivity contribution in [3.8, 4) is 0 Å². The summed E-state index contributed by atoms with van der Waals surface area (Å²) in [6, 6.07) is 1.88. The number of furan rings is 1. The largest absolute Gasteiger partial charge is 0.464 e. The van der Waals surface area contributed by atoms with Crippen molar-refractivity contribution in [3.63, 3.8) is 0 Å². The number of hydrogen-bond acceptors (Lipinski definition) is 3. The van der Waals surface area contributed by atoms with Crippen LogP contribution in [0.25, 0.3) is 11.0 Å². The summed E-state index contributed by atoms with van der Waals surface area (Å²) in [6.07, 6.45) is 1.90. The lowest BCUT2D eigenvalue weighted by atomic mass is 10.0. The minimum atomic E-state index is -0.0571. The molecule has 1 heterocycles. The molecule has 2 aromatic rings. The first-order valence-corrected chi connectivity index (χ1v) is 7.26. The molecule has 4 nitrogen and oxygen atoms in total. The Hall–Kier alpha value is -1.52. The van der Waals surface area contributed by atoms with Gasteiger partial charge in [0.2, 0.25) is 5.91 Å². The number of rotatable bonds is 5. The zero-order chi connectivity index (χ0) is 15.6. The number of methoxy groups -OCH3 is 1. The summed E-state index contributed by atoms with van der Waals surface area (Å²) in [5.74, 6) is -0.0571. The van der Waals surface area contributed by atoms with Gasteiger partial charge in [0.05, 0.1) is 19.3 Å². The Labute approximate surface area is 129 Å². The first kappa shape index (κ1) is 15.9. The number of benzene rings is 1. The van der Waals surface area contributed by atoms with E-state index in [0.29, 0.717) is 6.61 Å². The third-order valence-electron chi connectivity index (χ3n) is 3.47. The SMILES string of the molecule is COCC(C)NC(=O)Cc1coc2cc(C)c(Cl)c(C)c12. The van der Waals surface area contributed by atoms with E-state index in [2.05, 4.69) is 5.32 Å². The van der Waals surface area contributed by atoms with Gasteiger partial charge in [-0.2, -0.15) is 0 Å². The summed E-state index contributed by atoms with van der Waals surface area (Å²) < 4.78 is 10.6. The quantitative estimate of drug-likeness (QED) is 0.921. The van der Waals surface area contributed by atoms with Crippen LogP contribution in [0.1, 0.15) is 23.6 Å². The highest BCUT2D eigenvalue weighted by atomic mass is 35.5. The van der Waals surface area contributed by atoms with Crippen LogP contribution in [-0.2, 0) is 16.0 Å². The zero-order valence-electron chi connectivity index (χ0n) is 12.7. The van der Waals surface area contributed by atoms with E-state index < -0.39 is 0 Å². The molecular weight excluding hydrogens is 290 g/mol. The van der Waals surface area contributed by atoms with Crippen molar-refractivity contribution < 1.29 is 13.9 Å². The van der Waals surface area contributed by atoms with Gasteiger partial charge in [0.15, 0.2) is 0 Å². The number of ether oxygens (including phenoxy) is 1. The molecule has 0 saturated heterocycles. The van der Waals surface area contributed by atoms with E-state index in [1.807, 2.05) is 26.8 Å². The molecule has 0 aliphatic heterocycles. The van der Waals surface area contributed by atoms with E-state index in [4.69, 9.17) is 20.8 Å². The lowest BCUT2D eigenvalue weighted by Crippen LogP contribution is -2.36. The van der Waals surface area contributed by atoms with Crippen molar-refractivity contribution in [2.45, 2.75) is 33.2 Å². The second-order valence-electron chi connectivity index (χ2n) is 5.37. The van der Waals surface area contributed by atoms with E-state index in [9.17, 15) is 4.79 Å². The number of carbonyl (C=O) groups is 1. The molecule has 1 aromatic carbocycles. The average molecular weight is 310 g/mol. The van der Waals surface area contributed by atoms with Gasteiger partial charge in [-0.3, -0.25) is 4.79 Å². The Bertz CT molecular complexity index is 663. The molecular formula is C16H20ClNO3. The van der Waals surface area contributed by atoms with Crippen LogP contribution in [0.15, 0.2) is 16.7 Å². The van der Waals surface area contributed by atoms with Crippen LogP contribution in [0.2, 0.25) is 5.02 Å². The summed E-state index contributed by atoms with van der Waals surface area (Å²) in [4.78, 5) is 12.1. The number of fused-ring (bicyclic) bond motifs is 1. The van der Waals surface area contributed by atoms with Crippen molar-refractivity contribution in [3.05, 3.63) is 34.0 Å². The minimum Gasteiger partial charge on any atom is -0.464 e. The van der Waals surface area contributed by atoms with Crippen molar-refractivity contribution in [2.75, 3.05) is 13.7 Å². The number of carbonyl (C=O) groups excluding carboxylic acids is 1. The molecule has 0 aliphatic carbocycles. The highest BCUT2D eigenvalue weighted by Gasteiger charge is 2.16. The zero-order valence-corrected chi connectivity index (χ0v) is 13.5. The molecule has 2 rings (SSSR count). The average Bonchev–Trinajstić information content (AvgIpc) is 2.79. The van der Waals surface area contributed by atoms with Crippen molar-refractivity contribution in [1.29, 1.82) is 0 Å². The lowest BCUT2D eigenvalue weighted by Gasteiger charge is -2.12. The molecule has 1 amide bonds. The predicted molar refractivity (Wildman–Crippen MR) is 83.9 cm³/mol. The third-order valence-corrected chi connectivity index (χ3v) is 4.05. The van der Waals surface area contributed by atoms with Crippen molar-refractivity contribution >= 4 is 28.5 Å². The normalized spacial score (nSPS) is 12.6. The highest BCUT2D eigenvalue weighted by Crippen LogP contribution is 2.32. The molecule has 21 heavy (non-hydrogen) atoms. The Morgan fingerprint density at radius 3 is 2.86 bits per heavy atom. The van der Waals surface area contributed by atoms with E-state index >= 15 is 0 Å². The second kappa shape index (κ2) is 6.50. The number of halogens is 1. The fourth-order valence-corrected chi connectivity index (χ4v) is 2.68. The van der Waals surface area contributed by atoms with E-state index in [-0.39, 0.29) is 18.4 Å². The summed E-state index contributed by atoms with van der Waals surface area (Å²) in [5, 5.41) is 4.54. The Balaban J connectivity index is 2.23. The Morgan fingerprint density at radius 1 is 1.48 bits per heavy atom. The maximum absolute atomic E-state index is 12.1. The van der Waals surface area contributed by atoms with Crippen molar-refractivity contribution in [1.82, 2.24) is 5.32 Å².